The zero-order valence-electron chi connectivity index (χ0n) is 17.4. The van der Waals surface area contributed by atoms with Crippen molar-refractivity contribution in [2.75, 3.05) is 20.3 Å². The minimum atomic E-state index is -0.945. The quantitative estimate of drug-likeness (QED) is 0.369. The van der Waals surface area contributed by atoms with Crippen molar-refractivity contribution in [1.82, 2.24) is 0 Å². The smallest absolute Gasteiger partial charge is 0.336 e. The molecule has 1 saturated heterocycles. The minimum Gasteiger partial charge on any atom is -0.468 e. The van der Waals surface area contributed by atoms with Gasteiger partial charge in [-0.15, -0.1) is 0 Å². The van der Waals surface area contributed by atoms with Crippen LogP contribution >= 0.6 is 11.6 Å². The van der Waals surface area contributed by atoms with Gasteiger partial charge in [0.2, 0.25) is 0 Å². The number of ether oxygens (including phenoxy) is 3. The molecule has 2 aliphatic heterocycles. The fourth-order valence-electron chi connectivity index (χ4n) is 3.98. The summed E-state index contributed by atoms with van der Waals surface area (Å²) in [6, 6.07) is 4.19. The molecule has 0 spiro atoms. The highest BCUT2D eigenvalue weighted by Gasteiger charge is 2.43. The Morgan fingerprint density at radius 3 is 2.71 bits per heavy atom. The summed E-state index contributed by atoms with van der Waals surface area (Å²) >= 11 is 5.96. The van der Waals surface area contributed by atoms with Crippen LogP contribution in [-0.2, 0) is 23.8 Å². The normalized spacial score (nSPS) is 23.4. The second-order valence-corrected chi connectivity index (χ2v) is 7.84. The van der Waals surface area contributed by atoms with E-state index in [1.165, 1.54) is 19.2 Å². The summed E-state index contributed by atoms with van der Waals surface area (Å²) in [5.74, 6) is -3.08. The van der Waals surface area contributed by atoms with Crippen molar-refractivity contribution in [3.8, 4) is 0 Å². The van der Waals surface area contributed by atoms with E-state index in [0.717, 1.165) is 12.8 Å². The van der Waals surface area contributed by atoms with Crippen LogP contribution in [0.5, 0.6) is 0 Å². The molecule has 10 heteroatoms. The Labute approximate surface area is 184 Å². The highest BCUT2D eigenvalue weighted by atomic mass is 35.5. The zero-order chi connectivity index (χ0) is 22.7. The summed E-state index contributed by atoms with van der Waals surface area (Å²) in [7, 11) is 1.23. The van der Waals surface area contributed by atoms with E-state index in [1.807, 2.05) is 0 Å². The molecule has 0 amide bonds. The number of nitro groups is 1. The molecule has 1 fully saturated rings. The van der Waals surface area contributed by atoms with Crippen LogP contribution < -0.4 is 0 Å². The summed E-state index contributed by atoms with van der Waals surface area (Å²) in [5, 5.41) is 11.4. The first kappa shape index (κ1) is 22.9. The molecule has 2 heterocycles. The number of carbonyl (C=O) groups excluding carboxylic acids is 2. The summed E-state index contributed by atoms with van der Waals surface area (Å²) < 4.78 is 15.9. The molecule has 166 valence electrons. The van der Waals surface area contributed by atoms with E-state index in [9.17, 15) is 19.7 Å². The van der Waals surface area contributed by atoms with Gasteiger partial charge in [-0.25, -0.2) is 4.79 Å². The van der Waals surface area contributed by atoms with Crippen molar-refractivity contribution >= 4 is 34.9 Å². The molecule has 1 aromatic carbocycles. The van der Waals surface area contributed by atoms with Crippen molar-refractivity contribution in [2.45, 2.75) is 38.7 Å². The fraction of sp³-hybridized carbons (Fsp3) is 0.476. The van der Waals surface area contributed by atoms with Crippen molar-refractivity contribution < 1.29 is 28.7 Å². The number of esters is 2. The van der Waals surface area contributed by atoms with Gasteiger partial charge in [-0.1, -0.05) is 17.7 Å². The van der Waals surface area contributed by atoms with E-state index in [2.05, 4.69) is 4.99 Å². The maximum atomic E-state index is 13.1. The van der Waals surface area contributed by atoms with E-state index < -0.39 is 28.7 Å². The van der Waals surface area contributed by atoms with Gasteiger partial charge in [0.1, 0.15) is 17.5 Å². The molecule has 3 rings (SSSR count). The average molecular weight is 451 g/mol. The first-order valence-electron chi connectivity index (χ1n) is 9.81. The van der Waals surface area contributed by atoms with Gasteiger partial charge in [0.15, 0.2) is 0 Å². The molecule has 0 N–H and O–H groups in total. The lowest BCUT2D eigenvalue weighted by molar-refractivity contribution is -0.384. The number of aliphatic imine (C=N–C) groups is 1. The lowest BCUT2D eigenvalue weighted by Gasteiger charge is -2.31. The fourth-order valence-corrected chi connectivity index (χ4v) is 4.17. The monoisotopic (exact) mass is 450 g/mol. The number of methoxy groups -OCH3 is 1. The number of allylic oxidation sites excluding steroid dienone is 1. The Bertz CT molecular complexity index is 966. The Morgan fingerprint density at radius 1 is 1.35 bits per heavy atom. The molecular weight excluding hydrogens is 428 g/mol. The first-order chi connectivity index (χ1) is 14.7. The third kappa shape index (κ3) is 4.77. The van der Waals surface area contributed by atoms with Crippen LogP contribution in [-0.4, -0.2) is 49.0 Å². The first-order valence-corrected chi connectivity index (χ1v) is 10.2. The van der Waals surface area contributed by atoms with E-state index in [4.69, 9.17) is 25.8 Å². The number of nitrogens with zero attached hydrogens (tertiary/aromatic N) is 2. The Morgan fingerprint density at radius 2 is 2.10 bits per heavy atom. The molecule has 3 atom stereocenters. The van der Waals surface area contributed by atoms with Crippen molar-refractivity contribution in [2.24, 2.45) is 10.9 Å². The van der Waals surface area contributed by atoms with Crippen LogP contribution in [0.25, 0.3) is 0 Å². The summed E-state index contributed by atoms with van der Waals surface area (Å²) in [6.45, 7) is 3.98. The lowest BCUT2D eigenvalue weighted by atomic mass is 9.75. The highest BCUT2D eigenvalue weighted by Crippen LogP contribution is 2.42. The van der Waals surface area contributed by atoms with Gasteiger partial charge in [-0.2, -0.15) is 0 Å². The molecule has 0 aliphatic carbocycles. The maximum Gasteiger partial charge on any atom is 0.336 e. The van der Waals surface area contributed by atoms with Gasteiger partial charge in [0.25, 0.3) is 5.69 Å². The third-order valence-corrected chi connectivity index (χ3v) is 5.77. The van der Waals surface area contributed by atoms with Crippen molar-refractivity contribution in [3.63, 3.8) is 0 Å². The molecule has 2 aliphatic rings. The summed E-state index contributed by atoms with van der Waals surface area (Å²) in [4.78, 5) is 40.9. The number of benzene rings is 1. The molecule has 9 nitrogen and oxygen atoms in total. The molecule has 0 saturated carbocycles. The SMILES string of the molecule is COC(=O)C1C(C)=NC(C)=C(C(=O)OC[C@H]2CCCO2)[C@H]1c1ccc(Cl)c([N+](=O)[O-])c1. The topological polar surface area (TPSA) is 117 Å². The average Bonchev–Trinajstić information content (AvgIpc) is 3.25. The number of hydrogen-bond acceptors (Lipinski definition) is 8. The Balaban J connectivity index is 2.05. The molecule has 1 unspecified atom stereocenters. The van der Waals surface area contributed by atoms with E-state index in [1.54, 1.807) is 19.9 Å². The lowest BCUT2D eigenvalue weighted by Crippen LogP contribution is -2.36. The Kier molecular flexibility index (Phi) is 7.07. The minimum absolute atomic E-state index is 0.0484. The predicted molar refractivity (Wildman–Crippen MR) is 112 cm³/mol. The standard InChI is InChI=1S/C21H23ClN2O7/c1-11-17(20(25)29-3)19(13-6-7-15(22)16(9-13)24(27)28)18(12(2)23-11)21(26)31-10-14-5-4-8-30-14/h6-7,9,14,17,19H,4-5,8,10H2,1-3H3/t14-,17?,19+/m1/s1. The largest absolute Gasteiger partial charge is 0.468 e. The predicted octanol–water partition coefficient (Wildman–Crippen LogP) is 3.59. The van der Waals surface area contributed by atoms with E-state index in [-0.39, 0.29) is 29.0 Å². The highest BCUT2D eigenvalue weighted by molar-refractivity contribution is 6.32. The van der Waals surface area contributed by atoms with Crippen LogP contribution in [0.2, 0.25) is 5.02 Å². The number of carbonyl (C=O) groups is 2. The van der Waals surface area contributed by atoms with Gasteiger partial charge < -0.3 is 14.2 Å². The van der Waals surface area contributed by atoms with Crippen molar-refractivity contribution in [3.05, 3.63) is 50.2 Å². The van der Waals surface area contributed by atoms with Crippen LogP contribution in [0.15, 0.2) is 34.5 Å². The van der Waals surface area contributed by atoms with Crippen molar-refractivity contribution in [1.29, 1.82) is 0 Å². The molecule has 0 radical (unpaired) electrons. The van der Waals surface area contributed by atoms with Crippen LogP contribution in [0.3, 0.4) is 0 Å². The zero-order valence-corrected chi connectivity index (χ0v) is 18.2. The number of rotatable bonds is 6. The van der Waals surface area contributed by atoms with Gasteiger partial charge in [0.05, 0.1) is 23.7 Å². The van der Waals surface area contributed by atoms with E-state index >= 15 is 0 Å². The summed E-state index contributed by atoms with van der Waals surface area (Å²) in [5.41, 5.74) is 0.993. The number of nitro benzene ring substituents is 1. The van der Waals surface area contributed by atoms with E-state index in [0.29, 0.717) is 23.6 Å². The van der Waals surface area contributed by atoms with Gasteiger partial charge in [-0.05, 0) is 38.3 Å². The summed E-state index contributed by atoms with van der Waals surface area (Å²) in [6.07, 6.45) is 1.51. The molecule has 0 bridgehead atoms. The van der Waals surface area contributed by atoms with Crippen LogP contribution in [0.1, 0.15) is 38.2 Å². The second kappa shape index (κ2) is 9.57. The molecule has 31 heavy (non-hydrogen) atoms. The third-order valence-electron chi connectivity index (χ3n) is 5.45. The molecule has 0 aromatic heterocycles. The van der Waals surface area contributed by atoms with Crippen LogP contribution in [0.4, 0.5) is 5.69 Å². The Hall–Kier alpha value is -2.78. The second-order valence-electron chi connectivity index (χ2n) is 7.43. The maximum absolute atomic E-state index is 13.1. The van der Waals surface area contributed by atoms with Gasteiger partial charge >= 0.3 is 11.9 Å². The molecule has 1 aromatic rings. The number of hydrogen-bond donors (Lipinski definition) is 0. The molecular formula is C21H23ClN2O7. The number of halogens is 1. The van der Waals surface area contributed by atoms with Gasteiger partial charge in [0, 0.05) is 30.0 Å². The van der Waals surface area contributed by atoms with Crippen LogP contribution in [0, 0.1) is 16.0 Å². The van der Waals surface area contributed by atoms with Gasteiger partial charge in [-0.3, -0.25) is 19.9 Å².